The van der Waals surface area contributed by atoms with Gasteiger partial charge in [0.05, 0.1) is 12.2 Å². The lowest BCUT2D eigenvalue weighted by Crippen LogP contribution is -2.34. The van der Waals surface area contributed by atoms with E-state index in [-0.39, 0.29) is 11.9 Å². The van der Waals surface area contributed by atoms with Gasteiger partial charge in [-0.1, -0.05) is 12.1 Å². The van der Waals surface area contributed by atoms with E-state index in [0.29, 0.717) is 18.2 Å². The number of nitrogens with one attached hydrogen (secondary N) is 2. The maximum absolute atomic E-state index is 12.1. The number of hydrogen-bond donors (Lipinski definition) is 2. The number of carbonyl (C=O) groups is 1. The smallest absolute Gasteiger partial charge is 0.273 e. The molecule has 1 aromatic rings. The Morgan fingerprint density at radius 3 is 3.05 bits per heavy atom. The predicted molar refractivity (Wildman–Crippen MR) is 76.2 cm³/mol. The summed E-state index contributed by atoms with van der Waals surface area (Å²) in [5, 5.41) is 14.2. The van der Waals surface area contributed by atoms with Crippen molar-refractivity contribution in [2.45, 2.75) is 44.7 Å². The molecular weight excluding hydrogens is 254 g/mol. The van der Waals surface area contributed by atoms with Gasteiger partial charge in [0.2, 0.25) is 0 Å². The van der Waals surface area contributed by atoms with Crippen molar-refractivity contribution in [3.8, 4) is 12.3 Å². The first kappa shape index (κ1) is 14.5. The van der Waals surface area contributed by atoms with E-state index < -0.39 is 0 Å². The second-order valence-corrected chi connectivity index (χ2v) is 5.05. The van der Waals surface area contributed by atoms with Crippen molar-refractivity contribution in [1.29, 1.82) is 0 Å². The van der Waals surface area contributed by atoms with E-state index in [9.17, 15) is 4.79 Å². The van der Waals surface area contributed by atoms with Crippen molar-refractivity contribution < 1.29 is 4.79 Å². The highest BCUT2D eigenvalue weighted by molar-refractivity contribution is 5.92. The SMILES string of the molecule is C#CCC(CC)NC(=O)c1cn(C2CCNCC2)nn1. The Hall–Kier alpha value is -1.87. The fraction of sp³-hybridized carbons (Fsp3) is 0.643. The molecule has 0 saturated carbocycles. The van der Waals surface area contributed by atoms with Gasteiger partial charge >= 0.3 is 0 Å². The molecule has 0 radical (unpaired) electrons. The minimum absolute atomic E-state index is 0.00321. The summed E-state index contributed by atoms with van der Waals surface area (Å²) in [6, 6.07) is 0.328. The van der Waals surface area contributed by atoms with Crippen LogP contribution in [0.25, 0.3) is 0 Å². The normalized spacial score (nSPS) is 17.4. The summed E-state index contributed by atoms with van der Waals surface area (Å²) in [5.41, 5.74) is 0.360. The van der Waals surface area contributed by atoms with Crippen LogP contribution in [-0.2, 0) is 0 Å². The van der Waals surface area contributed by atoms with E-state index in [1.165, 1.54) is 0 Å². The van der Waals surface area contributed by atoms with Crippen molar-refractivity contribution in [3.05, 3.63) is 11.9 Å². The van der Waals surface area contributed by atoms with Crippen molar-refractivity contribution in [1.82, 2.24) is 25.6 Å². The first-order valence-corrected chi connectivity index (χ1v) is 7.11. The Labute approximate surface area is 119 Å². The molecule has 1 saturated heterocycles. The standard InChI is InChI=1S/C14H21N5O/c1-3-5-11(4-2)16-14(20)13-10-19(18-17-13)12-6-8-15-9-7-12/h1,10-12,15H,4-9H2,2H3,(H,16,20). The van der Waals surface area contributed by atoms with Gasteiger partial charge in [-0.2, -0.15) is 0 Å². The molecule has 1 atom stereocenters. The molecule has 108 valence electrons. The average Bonchev–Trinajstić information content (AvgIpc) is 2.97. The number of aromatic nitrogens is 3. The Bertz CT molecular complexity index is 484. The first-order valence-electron chi connectivity index (χ1n) is 7.11. The first-order chi connectivity index (χ1) is 9.74. The highest BCUT2D eigenvalue weighted by Gasteiger charge is 2.19. The number of amides is 1. The number of rotatable bonds is 5. The quantitative estimate of drug-likeness (QED) is 0.777. The predicted octanol–water partition coefficient (Wildman–Crippen LogP) is 0.734. The molecule has 1 unspecified atom stereocenters. The lowest BCUT2D eigenvalue weighted by Gasteiger charge is -2.22. The van der Waals surface area contributed by atoms with Gasteiger partial charge in [0.15, 0.2) is 5.69 Å². The van der Waals surface area contributed by atoms with Gasteiger partial charge in [-0.05, 0) is 32.4 Å². The second kappa shape index (κ2) is 7.06. The Morgan fingerprint density at radius 2 is 2.40 bits per heavy atom. The summed E-state index contributed by atoms with van der Waals surface area (Å²) < 4.78 is 1.80. The molecule has 0 spiro atoms. The van der Waals surface area contributed by atoms with Crippen LogP contribution in [-0.4, -0.2) is 40.0 Å². The second-order valence-electron chi connectivity index (χ2n) is 5.05. The van der Waals surface area contributed by atoms with Gasteiger partial charge in [-0.25, -0.2) is 4.68 Å². The highest BCUT2D eigenvalue weighted by atomic mass is 16.2. The highest BCUT2D eigenvalue weighted by Crippen LogP contribution is 2.17. The molecule has 0 aromatic carbocycles. The van der Waals surface area contributed by atoms with Crippen LogP contribution in [0, 0.1) is 12.3 Å². The van der Waals surface area contributed by atoms with E-state index in [4.69, 9.17) is 6.42 Å². The maximum Gasteiger partial charge on any atom is 0.273 e. The molecule has 0 bridgehead atoms. The van der Waals surface area contributed by atoms with Gasteiger partial charge in [-0.3, -0.25) is 4.79 Å². The van der Waals surface area contributed by atoms with Crippen molar-refractivity contribution >= 4 is 5.91 Å². The molecular formula is C14H21N5O. The summed E-state index contributed by atoms with van der Waals surface area (Å²) in [4.78, 5) is 12.1. The maximum atomic E-state index is 12.1. The lowest BCUT2D eigenvalue weighted by molar-refractivity contribution is 0.0931. The third-order valence-corrected chi connectivity index (χ3v) is 3.62. The Morgan fingerprint density at radius 1 is 1.65 bits per heavy atom. The summed E-state index contributed by atoms with van der Waals surface area (Å²) in [7, 11) is 0. The van der Waals surface area contributed by atoms with E-state index in [2.05, 4.69) is 26.9 Å². The van der Waals surface area contributed by atoms with Gasteiger partial charge in [-0.15, -0.1) is 17.4 Å². The molecule has 2 heterocycles. The topological polar surface area (TPSA) is 71.8 Å². The molecule has 6 heteroatoms. The zero-order valence-corrected chi connectivity index (χ0v) is 11.8. The zero-order valence-electron chi connectivity index (χ0n) is 11.8. The number of carbonyl (C=O) groups excluding carboxylic acids is 1. The fourth-order valence-corrected chi connectivity index (χ4v) is 2.33. The number of terminal acetylenes is 1. The number of piperidine rings is 1. The van der Waals surface area contributed by atoms with Gasteiger partial charge in [0, 0.05) is 12.5 Å². The van der Waals surface area contributed by atoms with Crippen LogP contribution in [0.3, 0.4) is 0 Å². The number of hydrogen-bond acceptors (Lipinski definition) is 4. The molecule has 1 aliphatic rings. The zero-order chi connectivity index (χ0) is 14.4. The summed E-state index contributed by atoms with van der Waals surface area (Å²) in [6.07, 6.45) is 10.4. The largest absolute Gasteiger partial charge is 0.347 e. The van der Waals surface area contributed by atoms with Gasteiger partial charge in [0.25, 0.3) is 5.91 Å². The summed E-state index contributed by atoms with van der Waals surface area (Å²) in [6.45, 7) is 3.95. The monoisotopic (exact) mass is 275 g/mol. The molecule has 2 N–H and O–H groups in total. The van der Waals surface area contributed by atoms with Crippen LogP contribution >= 0.6 is 0 Å². The molecule has 20 heavy (non-hydrogen) atoms. The summed E-state index contributed by atoms with van der Waals surface area (Å²) in [5.74, 6) is 2.37. The molecule has 1 aliphatic heterocycles. The van der Waals surface area contributed by atoms with Crippen LogP contribution in [0.15, 0.2) is 6.20 Å². The molecule has 2 rings (SSSR count). The van der Waals surface area contributed by atoms with Crippen LogP contribution in [0.1, 0.15) is 49.1 Å². The van der Waals surface area contributed by atoms with E-state index in [1.54, 1.807) is 10.9 Å². The third kappa shape index (κ3) is 3.58. The lowest BCUT2D eigenvalue weighted by atomic mass is 10.1. The molecule has 0 aliphatic carbocycles. The third-order valence-electron chi connectivity index (χ3n) is 3.62. The summed E-state index contributed by atoms with van der Waals surface area (Å²) >= 11 is 0. The number of nitrogens with zero attached hydrogens (tertiary/aromatic N) is 3. The van der Waals surface area contributed by atoms with Gasteiger partial charge < -0.3 is 10.6 Å². The molecule has 6 nitrogen and oxygen atoms in total. The molecule has 1 fully saturated rings. The minimum Gasteiger partial charge on any atom is -0.347 e. The Kier molecular flexibility index (Phi) is 5.13. The van der Waals surface area contributed by atoms with E-state index >= 15 is 0 Å². The van der Waals surface area contributed by atoms with Crippen LogP contribution in [0.2, 0.25) is 0 Å². The van der Waals surface area contributed by atoms with E-state index in [1.807, 2.05) is 6.92 Å². The van der Waals surface area contributed by atoms with Crippen LogP contribution < -0.4 is 10.6 Å². The van der Waals surface area contributed by atoms with Gasteiger partial charge in [0.1, 0.15) is 0 Å². The van der Waals surface area contributed by atoms with E-state index in [0.717, 1.165) is 32.4 Å². The molecule has 1 aromatic heterocycles. The van der Waals surface area contributed by atoms with Crippen LogP contribution in [0.5, 0.6) is 0 Å². The fourth-order valence-electron chi connectivity index (χ4n) is 2.33. The van der Waals surface area contributed by atoms with Crippen molar-refractivity contribution in [2.75, 3.05) is 13.1 Å². The molecule has 1 amide bonds. The Balaban J connectivity index is 1.97. The minimum atomic E-state index is -0.202. The van der Waals surface area contributed by atoms with Crippen molar-refractivity contribution in [2.24, 2.45) is 0 Å². The average molecular weight is 275 g/mol. The van der Waals surface area contributed by atoms with Crippen LogP contribution in [0.4, 0.5) is 0 Å². The van der Waals surface area contributed by atoms with Crippen molar-refractivity contribution in [3.63, 3.8) is 0 Å².